The van der Waals surface area contributed by atoms with Crippen molar-refractivity contribution in [3.63, 3.8) is 0 Å². The van der Waals surface area contributed by atoms with E-state index in [2.05, 4.69) is 27.7 Å². The van der Waals surface area contributed by atoms with Gasteiger partial charge in [0.15, 0.2) is 12.2 Å². The Morgan fingerprint density at radius 1 is 0.273 bits per heavy atom. The van der Waals surface area contributed by atoms with E-state index in [0.29, 0.717) is 25.7 Å². The maximum absolute atomic E-state index is 13.0. The van der Waals surface area contributed by atoms with E-state index < -0.39 is 97.5 Å². The first-order valence-electron chi connectivity index (χ1n) is 36.3. The van der Waals surface area contributed by atoms with Gasteiger partial charge in [0.25, 0.3) is 0 Å². The Morgan fingerprint density at radius 3 is 0.670 bits per heavy atom. The van der Waals surface area contributed by atoms with Gasteiger partial charge < -0.3 is 33.8 Å². The molecule has 3 N–H and O–H groups in total. The summed E-state index contributed by atoms with van der Waals surface area (Å²) in [6, 6.07) is 0. The number of unbranched alkanes of at least 4 members (excludes halogenated alkanes) is 44. The lowest BCUT2D eigenvalue weighted by Crippen LogP contribution is -2.30. The molecule has 19 heteroatoms. The van der Waals surface area contributed by atoms with Crippen LogP contribution in [0, 0.1) is 0 Å². The topological polar surface area (TPSA) is 237 Å². The van der Waals surface area contributed by atoms with Crippen molar-refractivity contribution in [1.29, 1.82) is 0 Å². The summed E-state index contributed by atoms with van der Waals surface area (Å²) in [7, 11) is -9.89. The largest absolute Gasteiger partial charge is 0.472 e. The fraction of sp³-hybridized carbons (Fsp3) is 0.942. The van der Waals surface area contributed by atoms with Gasteiger partial charge in [0.2, 0.25) is 0 Å². The van der Waals surface area contributed by atoms with Crippen molar-refractivity contribution in [2.75, 3.05) is 39.6 Å². The zero-order valence-corrected chi connectivity index (χ0v) is 58.5. The summed E-state index contributed by atoms with van der Waals surface area (Å²) in [5.74, 6) is -2.12. The Balaban J connectivity index is 5.19. The number of hydrogen-bond donors (Lipinski definition) is 3. The van der Waals surface area contributed by atoms with E-state index in [9.17, 15) is 43.2 Å². The van der Waals surface area contributed by atoms with Gasteiger partial charge in [0.1, 0.15) is 19.3 Å². The molecule has 5 atom stereocenters. The molecule has 0 aromatic carbocycles. The molecule has 0 saturated carbocycles. The molecular weight excluding hydrogens is 1160 g/mol. The molecule has 0 saturated heterocycles. The maximum Gasteiger partial charge on any atom is 0.472 e. The van der Waals surface area contributed by atoms with Crippen LogP contribution in [0.3, 0.4) is 0 Å². The number of carbonyl (C=O) groups is 4. The number of rotatable bonds is 70. The lowest BCUT2D eigenvalue weighted by atomic mass is 10.0. The van der Waals surface area contributed by atoms with Gasteiger partial charge in [-0.15, -0.1) is 0 Å². The summed E-state index contributed by atoms with van der Waals surface area (Å²) >= 11 is 0. The van der Waals surface area contributed by atoms with Crippen LogP contribution in [0.15, 0.2) is 0 Å². The second-order valence-corrected chi connectivity index (χ2v) is 27.8. The third kappa shape index (κ3) is 62.8. The Labute approximate surface area is 537 Å². The molecule has 0 heterocycles. The number of aliphatic hydroxyl groups is 1. The first-order valence-corrected chi connectivity index (χ1v) is 39.3. The fourth-order valence-electron chi connectivity index (χ4n) is 10.5. The monoisotopic (exact) mass is 1300 g/mol. The predicted molar refractivity (Wildman–Crippen MR) is 354 cm³/mol. The van der Waals surface area contributed by atoms with Crippen molar-refractivity contribution < 1.29 is 80.2 Å². The molecule has 522 valence electrons. The van der Waals surface area contributed by atoms with Crippen LogP contribution < -0.4 is 0 Å². The van der Waals surface area contributed by atoms with Crippen LogP contribution in [0.2, 0.25) is 0 Å². The SMILES string of the molecule is CCCCCCCCCCCCCCCCCCCCC(=O)O[C@H](COC(=O)CCCCCCCCCCCCCC)COP(=O)(O)OC[C@@H](O)COP(=O)(O)OC[C@@H](COC(=O)CCCCCCCCCC)OC(=O)CCCCCCCCCCCC. The number of phosphoric acid groups is 2. The third-order valence-electron chi connectivity index (χ3n) is 16.1. The van der Waals surface area contributed by atoms with Crippen molar-refractivity contribution in [2.45, 2.75) is 380 Å². The van der Waals surface area contributed by atoms with Crippen molar-refractivity contribution in [3.05, 3.63) is 0 Å². The van der Waals surface area contributed by atoms with Crippen molar-refractivity contribution >= 4 is 39.5 Å². The minimum Gasteiger partial charge on any atom is -0.462 e. The quantitative estimate of drug-likeness (QED) is 0.0222. The average Bonchev–Trinajstić information content (AvgIpc) is 3.59. The number of phosphoric ester groups is 2. The lowest BCUT2D eigenvalue weighted by Gasteiger charge is -2.21. The van der Waals surface area contributed by atoms with Crippen LogP contribution in [0.5, 0.6) is 0 Å². The van der Waals surface area contributed by atoms with Crippen LogP contribution in [0.4, 0.5) is 0 Å². The van der Waals surface area contributed by atoms with Crippen LogP contribution in [-0.2, 0) is 65.4 Å². The molecule has 0 aliphatic heterocycles. The first-order chi connectivity index (χ1) is 42.7. The zero-order chi connectivity index (χ0) is 64.7. The Kier molecular flexibility index (Phi) is 62.4. The highest BCUT2D eigenvalue weighted by molar-refractivity contribution is 7.47. The molecule has 0 bridgehead atoms. The molecule has 0 amide bonds. The molecule has 88 heavy (non-hydrogen) atoms. The molecule has 0 aromatic heterocycles. The Morgan fingerprint density at radius 2 is 0.455 bits per heavy atom. The molecule has 17 nitrogen and oxygen atoms in total. The van der Waals surface area contributed by atoms with E-state index in [1.807, 2.05) is 0 Å². The maximum atomic E-state index is 13.0. The van der Waals surface area contributed by atoms with Crippen LogP contribution in [-0.4, -0.2) is 96.7 Å². The molecule has 0 rings (SSSR count). The van der Waals surface area contributed by atoms with E-state index in [1.165, 1.54) is 186 Å². The summed E-state index contributed by atoms with van der Waals surface area (Å²) in [5, 5.41) is 10.6. The summed E-state index contributed by atoms with van der Waals surface area (Å²) < 4.78 is 68.1. The van der Waals surface area contributed by atoms with Crippen molar-refractivity contribution in [2.24, 2.45) is 0 Å². The zero-order valence-electron chi connectivity index (χ0n) is 56.7. The highest BCUT2D eigenvalue weighted by Crippen LogP contribution is 2.45. The minimum atomic E-state index is -4.95. The number of ether oxygens (including phenoxy) is 4. The van der Waals surface area contributed by atoms with Crippen molar-refractivity contribution in [3.8, 4) is 0 Å². The standard InChI is InChI=1S/C69H134O17P2/c1-5-9-13-17-21-25-28-30-31-32-33-34-35-37-40-44-48-52-56-69(74)86-65(60-80-67(72)54-50-46-42-39-36-29-26-22-18-14-10-6-2)62-84-88(77,78)82-58-63(70)57-81-87(75,76)83-61-64(59-79-66(71)53-49-45-41-24-20-16-12-8-4)85-68(73)55-51-47-43-38-27-23-19-15-11-7-3/h63-65,70H,5-62H2,1-4H3,(H,75,76)(H,77,78)/t63-,64+,65+/m0/s1. The summed E-state index contributed by atoms with van der Waals surface area (Å²) in [6.07, 6.45) is 51.3. The number of carbonyl (C=O) groups excluding carboxylic acids is 4. The van der Waals surface area contributed by atoms with E-state index in [4.69, 9.17) is 37.0 Å². The van der Waals surface area contributed by atoms with Crippen LogP contribution in [0.1, 0.15) is 362 Å². The van der Waals surface area contributed by atoms with Crippen LogP contribution >= 0.6 is 15.6 Å². The fourth-order valence-corrected chi connectivity index (χ4v) is 12.1. The van der Waals surface area contributed by atoms with E-state index >= 15 is 0 Å². The molecule has 2 unspecified atom stereocenters. The minimum absolute atomic E-state index is 0.107. The van der Waals surface area contributed by atoms with Gasteiger partial charge in [-0.05, 0) is 25.7 Å². The molecule has 0 aliphatic rings. The summed E-state index contributed by atoms with van der Waals surface area (Å²) in [5.41, 5.74) is 0. The number of hydrogen-bond acceptors (Lipinski definition) is 15. The Hall–Kier alpha value is -1.94. The second-order valence-electron chi connectivity index (χ2n) is 24.9. The molecule has 0 spiro atoms. The van der Waals surface area contributed by atoms with Gasteiger partial charge >= 0.3 is 39.5 Å². The van der Waals surface area contributed by atoms with E-state index in [1.54, 1.807) is 0 Å². The van der Waals surface area contributed by atoms with Gasteiger partial charge in [-0.3, -0.25) is 37.3 Å². The number of aliphatic hydroxyl groups excluding tert-OH is 1. The van der Waals surface area contributed by atoms with Gasteiger partial charge in [-0.1, -0.05) is 310 Å². The normalized spacial score (nSPS) is 14.0. The van der Waals surface area contributed by atoms with Gasteiger partial charge in [-0.25, -0.2) is 9.13 Å². The van der Waals surface area contributed by atoms with E-state index in [0.717, 1.165) is 96.3 Å². The molecule has 0 aliphatic carbocycles. The second kappa shape index (κ2) is 63.8. The van der Waals surface area contributed by atoms with E-state index in [-0.39, 0.29) is 25.7 Å². The summed E-state index contributed by atoms with van der Waals surface area (Å²) in [6.45, 7) is 4.90. The van der Waals surface area contributed by atoms with Gasteiger partial charge in [0.05, 0.1) is 26.4 Å². The third-order valence-corrected chi connectivity index (χ3v) is 18.0. The molecule has 0 radical (unpaired) electrons. The Bertz CT molecular complexity index is 1690. The average molecular weight is 1300 g/mol. The van der Waals surface area contributed by atoms with Gasteiger partial charge in [-0.2, -0.15) is 0 Å². The number of esters is 4. The highest BCUT2D eigenvalue weighted by atomic mass is 31.2. The first kappa shape index (κ1) is 86.1. The lowest BCUT2D eigenvalue weighted by molar-refractivity contribution is -0.161. The predicted octanol–water partition coefficient (Wildman–Crippen LogP) is 19.9. The highest BCUT2D eigenvalue weighted by Gasteiger charge is 2.30. The molecule has 0 fully saturated rings. The van der Waals surface area contributed by atoms with Crippen LogP contribution in [0.25, 0.3) is 0 Å². The van der Waals surface area contributed by atoms with Gasteiger partial charge in [0, 0.05) is 25.7 Å². The van der Waals surface area contributed by atoms with Crippen molar-refractivity contribution in [1.82, 2.24) is 0 Å². The molecular formula is C69H134O17P2. The summed E-state index contributed by atoms with van der Waals surface area (Å²) in [4.78, 5) is 72.4. The molecule has 0 aromatic rings. The smallest absolute Gasteiger partial charge is 0.462 e.